The SMILES string of the molecule is N#Cc1ccc(-n2c(=O)cc(C(F)(F)F)[nH]c2=S)cc1Cl. The molecule has 2 rings (SSSR count). The Labute approximate surface area is 126 Å². The molecule has 0 bridgehead atoms. The molecule has 0 unspecified atom stereocenters. The maximum absolute atomic E-state index is 12.6. The molecule has 9 heteroatoms. The molecule has 1 aromatic heterocycles. The number of nitriles is 1. The lowest BCUT2D eigenvalue weighted by molar-refractivity contribution is -0.141. The topological polar surface area (TPSA) is 61.6 Å². The summed E-state index contributed by atoms with van der Waals surface area (Å²) in [4.78, 5) is 13.8. The Morgan fingerprint density at radius 2 is 2.00 bits per heavy atom. The van der Waals surface area contributed by atoms with Crippen LogP contribution in [0.2, 0.25) is 5.02 Å². The van der Waals surface area contributed by atoms with Gasteiger partial charge in [0, 0.05) is 6.07 Å². The van der Waals surface area contributed by atoms with Crippen LogP contribution in [-0.2, 0) is 6.18 Å². The molecule has 1 N–H and O–H groups in total. The van der Waals surface area contributed by atoms with Gasteiger partial charge in [0.15, 0.2) is 4.77 Å². The second kappa shape index (κ2) is 5.35. The molecule has 0 aliphatic heterocycles. The number of hydrogen-bond acceptors (Lipinski definition) is 3. The molecule has 1 heterocycles. The molecule has 0 aliphatic rings. The van der Waals surface area contributed by atoms with Gasteiger partial charge in [-0.1, -0.05) is 11.6 Å². The van der Waals surface area contributed by atoms with Crippen LogP contribution >= 0.6 is 23.8 Å². The third-order valence-electron chi connectivity index (χ3n) is 2.57. The molecule has 0 amide bonds. The maximum Gasteiger partial charge on any atom is 0.431 e. The molecule has 2 aromatic rings. The van der Waals surface area contributed by atoms with Crippen molar-refractivity contribution in [2.24, 2.45) is 0 Å². The zero-order chi connectivity index (χ0) is 15.8. The summed E-state index contributed by atoms with van der Waals surface area (Å²) in [6, 6.07) is 6.22. The fraction of sp³-hybridized carbons (Fsp3) is 0.0833. The first-order valence-corrected chi connectivity index (χ1v) is 6.16. The van der Waals surface area contributed by atoms with Crippen molar-refractivity contribution >= 4 is 23.8 Å². The monoisotopic (exact) mass is 331 g/mol. The highest BCUT2D eigenvalue weighted by Gasteiger charge is 2.32. The van der Waals surface area contributed by atoms with Gasteiger partial charge in [-0.25, -0.2) is 0 Å². The number of aromatic amines is 1. The van der Waals surface area contributed by atoms with Crippen molar-refractivity contribution in [2.75, 3.05) is 0 Å². The summed E-state index contributed by atoms with van der Waals surface area (Å²) in [6.45, 7) is 0. The highest BCUT2D eigenvalue weighted by atomic mass is 35.5. The van der Waals surface area contributed by atoms with Crippen LogP contribution in [0.4, 0.5) is 13.2 Å². The summed E-state index contributed by atoms with van der Waals surface area (Å²) in [6.07, 6.45) is -4.70. The highest BCUT2D eigenvalue weighted by molar-refractivity contribution is 7.71. The highest BCUT2D eigenvalue weighted by Crippen LogP contribution is 2.26. The summed E-state index contributed by atoms with van der Waals surface area (Å²) in [7, 11) is 0. The van der Waals surface area contributed by atoms with Gasteiger partial charge in [-0.05, 0) is 30.4 Å². The number of alkyl halides is 3. The normalized spacial score (nSPS) is 11.2. The molecule has 0 aliphatic carbocycles. The molecule has 0 fully saturated rings. The lowest BCUT2D eigenvalue weighted by Crippen LogP contribution is -2.23. The molecular formula is C12H5ClF3N3OS. The van der Waals surface area contributed by atoms with E-state index in [1.54, 1.807) is 0 Å². The zero-order valence-corrected chi connectivity index (χ0v) is 11.6. The van der Waals surface area contributed by atoms with Gasteiger partial charge in [0.1, 0.15) is 11.8 Å². The predicted octanol–water partition coefficient (Wildman–Crippen LogP) is 3.44. The summed E-state index contributed by atoms with van der Waals surface area (Å²) in [5.74, 6) is 0. The van der Waals surface area contributed by atoms with E-state index in [0.29, 0.717) is 6.07 Å². The number of aromatic nitrogens is 2. The summed E-state index contributed by atoms with van der Waals surface area (Å²) < 4.78 is 38.1. The Hall–Kier alpha value is -2.11. The first-order valence-electron chi connectivity index (χ1n) is 5.37. The van der Waals surface area contributed by atoms with Crippen molar-refractivity contribution in [3.05, 3.63) is 55.7 Å². The van der Waals surface area contributed by atoms with E-state index >= 15 is 0 Å². The number of benzene rings is 1. The molecule has 4 nitrogen and oxygen atoms in total. The Balaban J connectivity index is 2.67. The molecule has 1 aromatic carbocycles. The first-order chi connectivity index (χ1) is 9.74. The van der Waals surface area contributed by atoms with Crippen molar-refractivity contribution in [3.63, 3.8) is 0 Å². The Kier molecular flexibility index (Phi) is 3.89. The van der Waals surface area contributed by atoms with E-state index in [0.717, 1.165) is 4.57 Å². The molecule has 0 radical (unpaired) electrons. The minimum absolute atomic E-state index is 0.0659. The van der Waals surface area contributed by atoms with Gasteiger partial charge in [0.05, 0.1) is 16.3 Å². The van der Waals surface area contributed by atoms with Crippen LogP contribution in [0.3, 0.4) is 0 Å². The smallest absolute Gasteiger partial charge is 0.328 e. The minimum atomic E-state index is -4.70. The number of nitrogens with one attached hydrogen (secondary N) is 1. The largest absolute Gasteiger partial charge is 0.431 e. The maximum atomic E-state index is 12.6. The molecule has 0 saturated heterocycles. The van der Waals surface area contributed by atoms with E-state index < -0.39 is 22.2 Å². The lowest BCUT2D eigenvalue weighted by atomic mass is 10.2. The van der Waals surface area contributed by atoms with Crippen molar-refractivity contribution in [1.29, 1.82) is 5.26 Å². The van der Waals surface area contributed by atoms with E-state index in [4.69, 9.17) is 29.1 Å². The molecular weight excluding hydrogens is 327 g/mol. The van der Waals surface area contributed by atoms with Crippen LogP contribution < -0.4 is 5.56 Å². The fourth-order valence-electron chi connectivity index (χ4n) is 1.63. The number of rotatable bonds is 1. The second-order valence-corrected chi connectivity index (χ2v) is 4.73. The van der Waals surface area contributed by atoms with Crippen LogP contribution in [0, 0.1) is 16.1 Å². The van der Waals surface area contributed by atoms with Crippen LogP contribution in [0.1, 0.15) is 11.3 Å². The van der Waals surface area contributed by atoms with Crippen molar-refractivity contribution in [3.8, 4) is 11.8 Å². The summed E-state index contributed by atoms with van der Waals surface area (Å²) in [5, 5.41) is 8.83. The molecule has 108 valence electrons. The van der Waals surface area contributed by atoms with Gasteiger partial charge >= 0.3 is 6.18 Å². The molecule has 0 saturated carbocycles. The molecule has 0 spiro atoms. The number of H-pyrrole nitrogens is 1. The fourth-order valence-corrected chi connectivity index (χ4v) is 2.15. The predicted molar refractivity (Wildman–Crippen MR) is 72.0 cm³/mol. The van der Waals surface area contributed by atoms with Crippen LogP contribution in [0.15, 0.2) is 29.1 Å². The summed E-state index contributed by atoms with van der Waals surface area (Å²) >= 11 is 10.6. The lowest BCUT2D eigenvalue weighted by Gasteiger charge is -2.10. The summed E-state index contributed by atoms with van der Waals surface area (Å²) in [5.41, 5.74) is -1.84. The van der Waals surface area contributed by atoms with E-state index in [-0.39, 0.29) is 16.3 Å². The molecule has 0 atom stereocenters. The van der Waals surface area contributed by atoms with Crippen LogP contribution in [0.5, 0.6) is 0 Å². The Bertz CT molecular complexity index is 833. The van der Waals surface area contributed by atoms with Gasteiger partial charge in [-0.2, -0.15) is 18.4 Å². The first kappa shape index (κ1) is 15.3. The minimum Gasteiger partial charge on any atom is -0.328 e. The third kappa shape index (κ3) is 2.99. The van der Waals surface area contributed by atoms with Crippen molar-refractivity contribution in [2.45, 2.75) is 6.18 Å². The Morgan fingerprint density at radius 3 is 2.48 bits per heavy atom. The van der Waals surface area contributed by atoms with Gasteiger partial charge in [0.25, 0.3) is 5.56 Å². The van der Waals surface area contributed by atoms with E-state index in [1.807, 2.05) is 11.1 Å². The van der Waals surface area contributed by atoms with Gasteiger partial charge < -0.3 is 4.98 Å². The molecule has 21 heavy (non-hydrogen) atoms. The standard InChI is InChI=1S/C12H5ClF3N3OS/c13-8-3-7(2-1-6(8)5-17)19-10(20)4-9(12(14,15)16)18-11(19)21/h1-4H,(H,18,21). The van der Waals surface area contributed by atoms with E-state index in [9.17, 15) is 18.0 Å². The van der Waals surface area contributed by atoms with E-state index in [1.165, 1.54) is 18.2 Å². The van der Waals surface area contributed by atoms with Crippen LogP contribution in [-0.4, -0.2) is 9.55 Å². The third-order valence-corrected chi connectivity index (χ3v) is 3.17. The van der Waals surface area contributed by atoms with Crippen LogP contribution in [0.25, 0.3) is 5.69 Å². The average Bonchev–Trinajstić information content (AvgIpc) is 2.37. The average molecular weight is 332 g/mol. The number of hydrogen-bond donors (Lipinski definition) is 1. The number of halogens is 4. The zero-order valence-electron chi connectivity index (χ0n) is 10.0. The van der Waals surface area contributed by atoms with Crippen molar-refractivity contribution in [1.82, 2.24) is 9.55 Å². The second-order valence-electron chi connectivity index (χ2n) is 3.94. The van der Waals surface area contributed by atoms with Crippen molar-refractivity contribution < 1.29 is 13.2 Å². The van der Waals surface area contributed by atoms with E-state index in [2.05, 4.69) is 0 Å². The van der Waals surface area contributed by atoms with Gasteiger partial charge in [-0.3, -0.25) is 9.36 Å². The Morgan fingerprint density at radius 1 is 1.33 bits per heavy atom. The van der Waals surface area contributed by atoms with Gasteiger partial charge in [0.2, 0.25) is 0 Å². The van der Waals surface area contributed by atoms with Gasteiger partial charge in [-0.15, -0.1) is 0 Å². The quantitative estimate of drug-likeness (QED) is 0.814. The number of nitrogens with zero attached hydrogens (tertiary/aromatic N) is 2.